The predicted octanol–water partition coefficient (Wildman–Crippen LogP) is 4.39. The summed E-state index contributed by atoms with van der Waals surface area (Å²) in [6.07, 6.45) is 6.25. The molecule has 2 saturated carbocycles. The van der Waals surface area contributed by atoms with Crippen molar-refractivity contribution in [1.29, 1.82) is 0 Å². The molecule has 0 radical (unpaired) electrons. The van der Waals surface area contributed by atoms with Gasteiger partial charge in [0.2, 0.25) is 5.91 Å². The van der Waals surface area contributed by atoms with E-state index < -0.39 is 18.0 Å². The van der Waals surface area contributed by atoms with Crippen molar-refractivity contribution in [2.75, 3.05) is 0 Å². The van der Waals surface area contributed by atoms with Crippen LogP contribution in [0.25, 0.3) is 6.08 Å². The van der Waals surface area contributed by atoms with E-state index in [1.807, 2.05) is 30.3 Å². The Morgan fingerprint density at radius 3 is 2.69 bits per heavy atom. The number of primary amides is 1. The van der Waals surface area contributed by atoms with Gasteiger partial charge in [0.15, 0.2) is 0 Å². The number of aromatic carboxylic acids is 1. The number of carboxylic acids is 1. The van der Waals surface area contributed by atoms with Crippen molar-refractivity contribution in [3.63, 3.8) is 0 Å². The molecule has 0 heterocycles. The van der Waals surface area contributed by atoms with Crippen molar-refractivity contribution in [3.8, 4) is 0 Å². The highest BCUT2D eigenvalue weighted by Crippen LogP contribution is 2.62. The van der Waals surface area contributed by atoms with Crippen LogP contribution in [0.15, 0.2) is 48.0 Å². The van der Waals surface area contributed by atoms with Gasteiger partial charge in [-0.1, -0.05) is 31.2 Å². The largest absolute Gasteiger partial charge is 0.478 e. The van der Waals surface area contributed by atoms with Gasteiger partial charge in [-0.05, 0) is 96.4 Å². The summed E-state index contributed by atoms with van der Waals surface area (Å²) < 4.78 is 0. The molecule has 0 aliphatic heterocycles. The number of aliphatic hydroxyl groups excluding tert-OH is 1. The molecule has 5 rings (SSSR count). The summed E-state index contributed by atoms with van der Waals surface area (Å²) in [5.41, 5.74) is 10.5. The van der Waals surface area contributed by atoms with Crippen LogP contribution in [0.5, 0.6) is 0 Å². The SMILES string of the molecule is CC12CCC3c4ccc(C(=O)O)cc4CCC3C1CC(=Cc1cccc(C(N)=O)c1)C2O. The molecule has 166 valence electrons. The number of carbonyl (C=O) groups excluding carboxylic acids is 1. The molecule has 2 fully saturated rings. The van der Waals surface area contributed by atoms with Crippen LogP contribution < -0.4 is 5.73 Å². The van der Waals surface area contributed by atoms with E-state index in [9.17, 15) is 19.8 Å². The van der Waals surface area contributed by atoms with Gasteiger partial charge in [0.05, 0.1) is 11.7 Å². The van der Waals surface area contributed by atoms with E-state index in [1.165, 1.54) is 11.1 Å². The van der Waals surface area contributed by atoms with Gasteiger partial charge >= 0.3 is 5.97 Å². The maximum Gasteiger partial charge on any atom is 0.335 e. The lowest BCUT2D eigenvalue weighted by molar-refractivity contribution is -0.0158. The summed E-state index contributed by atoms with van der Waals surface area (Å²) in [7, 11) is 0. The Morgan fingerprint density at radius 1 is 1.12 bits per heavy atom. The summed E-state index contributed by atoms with van der Waals surface area (Å²) in [5.74, 6) is -0.0409. The Balaban J connectivity index is 1.45. The summed E-state index contributed by atoms with van der Waals surface area (Å²) in [4.78, 5) is 22.9. The minimum absolute atomic E-state index is 0.160. The number of nitrogens with two attached hydrogens (primary N) is 1. The average molecular weight is 432 g/mol. The van der Waals surface area contributed by atoms with Crippen molar-refractivity contribution in [1.82, 2.24) is 0 Å². The molecular weight excluding hydrogens is 402 g/mol. The number of carbonyl (C=O) groups is 2. The van der Waals surface area contributed by atoms with Crippen LogP contribution >= 0.6 is 0 Å². The van der Waals surface area contributed by atoms with Crippen LogP contribution in [0.4, 0.5) is 0 Å². The predicted molar refractivity (Wildman–Crippen MR) is 122 cm³/mol. The van der Waals surface area contributed by atoms with Gasteiger partial charge in [-0.3, -0.25) is 4.79 Å². The molecule has 3 aliphatic rings. The molecule has 0 spiro atoms. The summed E-state index contributed by atoms with van der Waals surface area (Å²) in [6.45, 7) is 2.22. The number of aryl methyl sites for hydroxylation is 1. The number of fused-ring (bicyclic) bond motifs is 5. The quantitative estimate of drug-likeness (QED) is 0.671. The third kappa shape index (κ3) is 3.27. The Labute approximate surface area is 188 Å². The lowest BCUT2D eigenvalue weighted by atomic mass is 9.55. The second kappa shape index (κ2) is 7.59. The standard InChI is InChI=1S/C27H29NO4/c1-27-10-9-21-20-7-6-18(26(31)32)13-16(20)5-8-22(21)23(27)14-19(24(27)29)12-15-3-2-4-17(11-15)25(28)30/h2-4,6-7,11-13,21-24,29H,5,8-10,14H2,1H3,(H2,28,30)(H,31,32). The van der Waals surface area contributed by atoms with Gasteiger partial charge in [0.1, 0.15) is 0 Å². The Morgan fingerprint density at radius 2 is 1.94 bits per heavy atom. The zero-order chi connectivity index (χ0) is 22.6. The second-order valence-corrected chi connectivity index (χ2v) is 9.99. The highest BCUT2D eigenvalue weighted by atomic mass is 16.4. The highest BCUT2D eigenvalue weighted by molar-refractivity contribution is 5.93. The number of benzene rings is 2. The number of amides is 1. The van der Waals surface area contributed by atoms with E-state index in [0.29, 0.717) is 28.9 Å². The third-order valence-electron chi connectivity index (χ3n) is 8.37. The van der Waals surface area contributed by atoms with E-state index in [1.54, 1.807) is 18.2 Å². The molecule has 5 atom stereocenters. The fourth-order valence-corrected chi connectivity index (χ4v) is 6.71. The zero-order valence-corrected chi connectivity index (χ0v) is 18.3. The van der Waals surface area contributed by atoms with E-state index in [0.717, 1.165) is 43.2 Å². The molecule has 2 aromatic carbocycles. The van der Waals surface area contributed by atoms with E-state index >= 15 is 0 Å². The maximum absolute atomic E-state index is 11.5. The van der Waals surface area contributed by atoms with E-state index in [-0.39, 0.29) is 5.41 Å². The van der Waals surface area contributed by atoms with Gasteiger partial charge in [0, 0.05) is 11.0 Å². The summed E-state index contributed by atoms with van der Waals surface area (Å²) in [6, 6.07) is 12.9. The first-order chi connectivity index (χ1) is 15.3. The fourth-order valence-electron chi connectivity index (χ4n) is 6.71. The fraction of sp³-hybridized carbons (Fsp3) is 0.407. The van der Waals surface area contributed by atoms with Crippen LogP contribution in [-0.2, 0) is 6.42 Å². The van der Waals surface area contributed by atoms with Crippen molar-refractivity contribution in [2.45, 2.75) is 51.0 Å². The molecular formula is C27H29NO4. The van der Waals surface area contributed by atoms with Gasteiger partial charge < -0.3 is 15.9 Å². The molecule has 0 saturated heterocycles. The normalized spacial score (nSPS) is 32.1. The van der Waals surface area contributed by atoms with Gasteiger partial charge in [0.25, 0.3) is 0 Å². The molecule has 3 aliphatic carbocycles. The van der Waals surface area contributed by atoms with Gasteiger partial charge in [-0.15, -0.1) is 0 Å². The smallest absolute Gasteiger partial charge is 0.335 e. The van der Waals surface area contributed by atoms with Crippen LogP contribution in [0.1, 0.15) is 75.9 Å². The Bertz CT molecular complexity index is 1140. The number of hydrogen-bond acceptors (Lipinski definition) is 3. The molecule has 1 amide bonds. The number of aliphatic hydroxyl groups is 1. The van der Waals surface area contributed by atoms with Gasteiger partial charge in [-0.2, -0.15) is 0 Å². The van der Waals surface area contributed by atoms with Crippen LogP contribution in [0.3, 0.4) is 0 Å². The first-order valence-corrected chi connectivity index (χ1v) is 11.4. The topological polar surface area (TPSA) is 101 Å². The molecule has 32 heavy (non-hydrogen) atoms. The first-order valence-electron chi connectivity index (χ1n) is 11.4. The van der Waals surface area contributed by atoms with E-state index in [4.69, 9.17) is 5.73 Å². The number of hydrogen-bond donors (Lipinski definition) is 3. The lowest BCUT2D eigenvalue weighted by Gasteiger charge is -2.49. The third-order valence-corrected chi connectivity index (χ3v) is 8.37. The molecule has 5 unspecified atom stereocenters. The van der Waals surface area contributed by atoms with Gasteiger partial charge in [-0.25, -0.2) is 4.79 Å². The zero-order valence-electron chi connectivity index (χ0n) is 18.3. The van der Waals surface area contributed by atoms with Crippen LogP contribution in [-0.4, -0.2) is 28.2 Å². The number of carboxylic acid groups (broad SMARTS) is 1. The molecule has 0 aromatic heterocycles. The molecule has 2 aromatic rings. The van der Waals surface area contributed by atoms with Crippen molar-refractivity contribution in [3.05, 3.63) is 75.9 Å². The van der Waals surface area contributed by atoms with Crippen LogP contribution in [0.2, 0.25) is 0 Å². The first kappa shape index (κ1) is 21.0. The van der Waals surface area contributed by atoms with Crippen molar-refractivity contribution < 1.29 is 19.8 Å². The molecule has 0 bridgehead atoms. The Hall–Kier alpha value is -2.92. The van der Waals surface area contributed by atoms with Crippen molar-refractivity contribution in [2.24, 2.45) is 23.0 Å². The summed E-state index contributed by atoms with van der Waals surface area (Å²) in [5, 5.41) is 20.7. The van der Waals surface area contributed by atoms with Crippen LogP contribution in [0, 0.1) is 17.3 Å². The maximum atomic E-state index is 11.5. The van der Waals surface area contributed by atoms with E-state index in [2.05, 4.69) is 6.92 Å². The summed E-state index contributed by atoms with van der Waals surface area (Å²) >= 11 is 0. The highest BCUT2D eigenvalue weighted by Gasteiger charge is 2.56. The monoisotopic (exact) mass is 431 g/mol. The molecule has 5 nitrogen and oxygen atoms in total. The molecule has 5 heteroatoms. The molecule has 4 N–H and O–H groups in total. The minimum atomic E-state index is -0.875. The average Bonchev–Trinajstić information content (AvgIpc) is 3.03. The Kier molecular flexibility index (Phi) is 4.97. The second-order valence-electron chi connectivity index (χ2n) is 9.99. The number of rotatable bonds is 3. The minimum Gasteiger partial charge on any atom is -0.478 e. The lowest BCUT2D eigenvalue weighted by Crippen LogP contribution is -2.44. The van der Waals surface area contributed by atoms with Crippen molar-refractivity contribution >= 4 is 18.0 Å².